The van der Waals surface area contributed by atoms with Crippen LogP contribution in [0.1, 0.15) is 76.0 Å². The van der Waals surface area contributed by atoms with E-state index < -0.39 is 0 Å². The zero-order valence-corrected chi connectivity index (χ0v) is 15.8. The minimum atomic E-state index is 0.226. The van der Waals surface area contributed by atoms with Crippen LogP contribution >= 0.6 is 0 Å². The Kier molecular flexibility index (Phi) is 4.19. The van der Waals surface area contributed by atoms with Gasteiger partial charge in [-0.2, -0.15) is 0 Å². The fraction of sp³-hybridized carbons (Fsp3) is 0.500. The van der Waals surface area contributed by atoms with E-state index in [0.717, 1.165) is 12.2 Å². The smallest absolute Gasteiger partial charge is 0.159 e. The third-order valence-electron chi connectivity index (χ3n) is 5.13. The van der Waals surface area contributed by atoms with E-state index in [0.29, 0.717) is 5.92 Å². The van der Waals surface area contributed by atoms with Gasteiger partial charge in [0.05, 0.1) is 6.20 Å². The zero-order valence-electron chi connectivity index (χ0n) is 15.8. The summed E-state index contributed by atoms with van der Waals surface area (Å²) in [4.78, 5) is 0. The minimum Gasteiger partial charge on any atom is -0.357 e. The molecule has 128 valence electrons. The van der Waals surface area contributed by atoms with Gasteiger partial charge in [0.1, 0.15) is 0 Å². The van der Waals surface area contributed by atoms with Crippen molar-refractivity contribution in [2.45, 2.75) is 65.2 Å². The maximum absolute atomic E-state index is 5.21. The Balaban J connectivity index is 2.10. The summed E-state index contributed by atoms with van der Waals surface area (Å²) in [5, 5.41) is 3.78. The maximum atomic E-state index is 5.21. The van der Waals surface area contributed by atoms with Crippen LogP contribution in [0.25, 0.3) is 12.2 Å². The summed E-state index contributed by atoms with van der Waals surface area (Å²) in [6, 6.07) is 6.76. The molecule has 0 N–H and O–H groups in total. The normalized spacial score (nSPS) is 18.5. The molecule has 1 aromatic carbocycles. The van der Waals surface area contributed by atoms with E-state index in [-0.39, 0.29) is 10.8 Å². The number of hydrogen-bond acceptors (Lipinski definition) is 2. The van der Waals surface area contributed by atoms with Gasteiger partial charge < -0.3 is 4.52 Å². The summed E-state index contributed by atoms with van der Waals surface area (Å²) in [7, 11) is 0. The third-order valence-corrected chi connectivity index (χ3v) is 5.13. The third kappa shape index (κ3) is 3.19. The molecule has 0 aliphatic heterocycles. The SMILES string of the molecule is CC(C)Cc1cc2c(cc1C=Cc1ccno1)C(C)(C)CC2(C)C. The van der Waals surface area contributed by atoms with Crippen LogP contribution in [0.15, 0.2) is 28.9 Å². The van der Waals surface area contributed by atoms with Crippen molar-refractivity contribution in [1.29, 1.82) is 0 Å². The lowest BCUT2D eigenvalue weighted by Gasteiger charge is -2.22. The molecule has 2 heteroatoms. The molecule has 0 unspecified atom stereocenters. The van der Waals surface area contributed by atoms with Gasteiger partial charge >= 0.3 is 0 Å². The molecule has 3 rings (SSSR count). The van der Waals surface area contributed by atoms with Gasteiger partial charge in [-0.3, -0.25) is 0 Å². The van der Waals surface area contributed by atoms with E-state index in [1.165, 1.54) is 28.7 Å². The fourth-order valence-corrected chi connectivity index (χ4v) is 4.33. The van der Waals surface area contributed by atoms with Crippen LogP contribution in [-0.4, -0.2) is 5.16 Å². The lowest BCUT2D eigenvalue weighted by molar-refractivity contribution is 0.403. The van der Waals surface area contributed by atoms with Crippen molar-refractivity contribution in [1.82, 2.24) is 5.16 Å². The van der Waals surface area contributed by atoms with Gasteiger partial charge in [0, 0.05) is 6.07 Å². The molecule has 0 fully saturated rings. The van der Waals surface area contributed by atoms with Crippen LogP contribution in [0.2, 0.25) is 0 Å². The predicted octanol–water partition coefficient (Wildman–Crippen LogP) is 6.00. The second-order valence-electron chi connectivity index (χ2n) is 8.89. The Labute approximate surface area is 146 Å². The summed E-state index contributed by atoms with van der Waals surface area (Å²) in [6.07, 6.45) is 8.18. The van der Waals surface area contributed by atoms with E-state index >= 15 is 0 Å². The summed E-state index contributed by atoms with van der Waals surface area (Å²) in [5.74, 6) is 1.43. The Hall–Kier alpha value is -1.83. The molecule has 0 atom stereocenters. The number of hydrogen-bond donors (Lipinski definition) is 0. The van der Waals surface area contributed by atoms with Crippen LogP contribution in [0.3, 0.4) is 0 Å². The van der Waals surface area contributed by atoms with Gasteiger partial charge in [0.2, 0.25) is 0 Å². The maximum Gasteiger partial charge on any atom is 0.159 e. The number of benzene rings is 1. The Bertz CT molecular complexity index is 749. The fourth-order valence-electron chi connectivity index (χ4n) is 4.33. The van der Waals surface area contributed by atoms with Crippen molar-refractivity contribution in [3.8, 4) is 0 Å². The van der Waals surface area contributed by atoms with Gasteiger partial charge in [-0.15, -0.1) is 0 Å². The van der Waals surface area contributed by atoms with Crippen molar-refractivity contribution in [2.75, 3.05) is 0 Å². The van der Waals surface area contributed by atoms with E-state index in [1.807, 2.05) is 12.1 Å². The number of rotatable bonds is 4. The molecule has 2 aromatic rings. The average Bonchev–Trinajstić information content (AvgIpc) is 3.01. The number of fused-ring (bicyclic) bond motifs is 1. The van der Waals surface area contributed by atoms with E-state index in [2.05, 4.69) is 64.9 Å². The quantitative estimate of drug-likeness (QED) is 0.689. The number of nitrogens with zero attached hydrogens (tertiary/aromatic N) is 1. The van der Waals surface area contributed by atoms with Crippen molar-refractivity contribution in [3.05, 3.63) is 52.4 Å². The van der Waals surface area contributed by atoms with Crippen LogP contribution < -0.4 is 0 Å². The van der Waals surface area contributed by atoms with Crippen molar-refractivity contribution >= 4 is 12.2 Å². The highest BCUT2D eigenvalue weighted by atomic mass is 16.5. The van der Waals surface area contributed by atoms with Gasteiger partial charge in [-0.05, 0) is 57.9 Å². The molecule has 1 aliphatic rings. The van der Waals surface area contributed by atoms with Crippen molar-refractivity contribution in [2.24, 2.45) is 5.92 Å². The lowest BCUT2D eigenvalue weighted by atomic mass is 9.82. The molecule has 0 bridgehead atoms. The number of aromatic nitrogens is 1. The largest absolute Gasteiger partial charge is 0.357 e. The highest BCUT2D eigenvalue weighted by molar-refractivity contribution is 5.71. The summed E-state index contributed by atoms with van der Waals surface area (Å²) in [5.41, 5.74) is 6.24. The summed E-state index contributed by atoms with van der Waals surface area (Å²) >= 11 is 0. The van der Waals surface area contributed by atoms with Crippen LogP contribution in [0, 0.1) is 5.92 Å². The molecule has 1 aliphatic carbocycles. The van der Waals surface area contributed by atoms with Crippen molar-refractivity contribution < 1.29 is 4.52 Å². The highest BCUT2D eigenvalue weighted by Crippen LogP contribution is 2.50. The topological polar surface area (TPSA) is 26.0 Å². The van der Waals surface area contributed by atoms with Gasteiger partial charge in [0.15, 0.2) is 5.76 Å². The molecule has 24 heavy (non-hydrogen) atoms. The summed E-state index contributed by atoms with van der Waals surface area (Å²) in [6.45, 7) is 14.1. The Morgan fingerprint density at radius 2 is 1.75 bits per heavy atom. The van der Waals surface area contributed by atoms with E-state index in [1.54, 1.807) is 6.20 Å². The first-order valence-corrected chi connectivity index (χ1v) is 8.96. The van der Waals surface area contributed by atoms with E-state index in [9.17, 15) is 0 Å². The monoisotopic (exact) mass is 323 g/mol. The molecule has 0 saturated carbocycles. The highest BCUT2D eigenvalue weighted by Gasteiger charge is 2.42. The van der Waals surface area contributed by atoms with E-state index in [4.69, 9.17) is 4.52 Å². The Morgan fingerprint density at radius 1 is 1.08 bits per heavy atom. The molecule has 0 radical (unpaired) electrons. The molecule has 1 heterocycles. The average molecular weight is 323 g/mol. The minimum absolute atomic E-state index is 0.226. The first kappa shape index (κ1) is 17.0. The first-order chi connectivity index (χ1) is 11.2. The molecule has 0 saturated heterocycles. The molecule has 0 spiro atoms. The zero-order chi connectivity index (χ0) is 17.5. The molecule has 2 nitrogen and oxygen atoms in total. The van der Waals surface area contributed by atoms with Crippen molar-refractivity contribution in [3.63, 3.8) is 0 Å². The van der Waals surface area contributed by atoms with Gasteiger partial charge in [-0.1, -0.05) is 64.9 Å². The summed E-state index contributed by atoms with van der Waals surface area (Å²) < 4.78 is 5.21. The molecular weight excluding hydrogens is 294 g/mol. The standard InChI is InChI=1S/C22H29NO/c1-15(2)11-17-13-20-19(21(3,4)14-22(20,5)6)12-16(17)7-8-18-9-10-23-24-18/h7-10,12-13,15H,11,14H2,1-6H3. The van der Waals surface area contributed by atoms with Crippen LogP contribution in [0.5, 0.6) is 0 Å². The van der Waals surface area contributed by atoms with Gasteiger partial charge in [-0.25, -0.2) is 0 Å². The predicted molar refractivity (Wildman–Crippen MR) is 101 cm³/mol. The van der Waals surface area contributed by atoms with Gasteiger partial charge in [0.25, 0.3) is 0 Å². The van der Waals surface area contributed by atoms with Crippen LogP contribution in [0.4, 0.5) is 0 Å². The lowest BCUT2D eigenvalue weighted by Crippen LogP contribution is -2.18. The van der Waals surface area contributed by atoms with Crippen LogP contribution in [-0.2, 0) is 17.3 Å². The first-order valence-electron chi connectivity index (χ1n) is 8.96. The molecule has 1 aromatic heterocycles. The molecular formula is C22H29NO. The second kappa shape index (κ2) is 5.91. The molecule has 0 amide bonds. The Morgan fingerprint density at radius 3 is 2.33 bits per heavy atom. The second-order valence-corrected chi connectivity index (χ2v) is 8.89.